The molecule has 0 spiro atoms. The number of hydrogen-bond acceptors (Lipinski definition) is 3. The Balaban J connectivity index is 2.36. The van der Waals surface area contributed by atoms with Crippen molar-refractivity contribution in [3.63, 3.8) is 0 Å². The van der Waals surface area contributed by atoms with E-state index in [2.05, 4.69) is 9.97 Å². The van der Waals surface area contributed by atoms with Crippen molar-refractivity contribution in [2.75, 3.05) is 0 Å². The number of aromatic nitrogens is 2. The van der Waals surface area contributed by atoms with Crippen molar-refractivity contribution in [1.29, 1.82) is 0 Å². The van der Waals surface area contributed by atoms with Gasteiger partial charge in [0.2, 0.25) is 0 Å². The highest BCUT2D eigenvalue weighted by atomic mass is 35.5. The van der Waals surface area contributed by atoms with Crippen LogP contribution in [0.5, 0.6) is 6.01 Å². The largest absolute Gasteiger partial charge is 0.479 e. The van der Waals surface area contributed by atoms with Crippen LogP contribution in [-0.4, -0.2) is 15.1 Å². The first-order chi connectivity index (χ1) is 8.56. The Labute approximate surface area is 115 Å². The first-order valence-electron chi connectivity index (χ1n) is 5.23. The van der Waals surface area contributed by atoms with Crippen LogP contribution in [-0.2, 0) is 0 Å². The molecule has 1 aromatic heterocycles. The lowest BCUT2D eigenvalue weighted by molar-refractivity contribution is 0.428. The molecule has 0 radical (unpaired) electrons. The molecule has 3 nitrogen and oxygen atoms in total. The topological polar surface area (TPSA) is 46.0 Å². The van der Waals surface area contributed by atoms with Crippen LogP contribution >= 0.6 is 23.2 Å². The van der Waals surface area contributed by atoms with Crippen molar-refractivity contribution < 1.29 is 5.11 Å². The number of aromatic hydroxyl groups is 1. The molecule has 2 rings (SSSR count). The number of aryl methyl sites for hydroxylation is 1. The van der Waals surface area contributed by atoms with Gasteiger partial charge in [0.25, 0.3) is 0 Å². The Hall–Kier alpha value is -1.58. The summed E-state index contributed by atoms with van der Waals surface area (Å²) in [5.41, 5.74) is 2.00. The highest BCUT2D eigenvalue weighted by molar-refractivity contribution is 6.37. The molecule has 0 aliphatic carbocycles. The van der Waals surface area contributed by atoms with E-state index in [-0.39, 0.29) is 6.01 Å². The Kier molecular flexibility index (Phi) is 3.84. The quantitative estimate of drug-likeness (QED) is 0.906. The van der Waals surface area contributed by atoms with Gasteiger partial charge in [-0.2, -0.15) is 4.98 Å². The molecular weight excluding hydrogens is 271 g/mol. The monoisotopic (exact) mass is 280 g/mol. The van der Waals surface area contributed by atoms with Gasteiger partial charge in [-0.1, -0.05) is 29.3 Å². The maximum Gasteiger partial charge on any atom is 0.314 e. The number of nitrogens with zero attached hydrogens (tertiary/aromatic N) is 2. The minimum Gasteiger partial charge on any atom is -0.479 e. The molecule has 2 aromatic rings. The maximum absolute atomic E-state index is 9.29. The second kappa shape index (κ2) is 5.38. The molecular formula is C13H10Cl2N2O. The summed E-state index contributed by atoms with van der Waals surface area (Å²) in [5, 5.41) is 10.4. The Morgan fingerprint density at radius 1 is 1.11 bits per heavy atom. The van der Waals surface area contributed by atoms with Crippen LogP contribution < -0.4 is 0 Å². The molecule has 1 heterocycles. The first kappa shape index (κ1) is 12.9. The van der Waals surface area contributed by atoms with Crippen molar-refractivity contribution in [2.24, 2.45) is 0 Å². The molecule has 0 aliphatic heterocycles. The molecule has 0 saturated heterocycles. The molecule has 0 bridgehead atoms. The van der Waals surface area contributed by atoms with Gasteiger partial charge in [0.15, 0.2) is 0 Å². The van der Waals surface area contributed by atoms with E-state index in [4.69, 9.17) is 23.2 Å². The molecule has 5 heteroatoms. The molecule has 1 N–H and O–H groups in total. The lowest BCUT2D eigenvalue weighted by atomic mass is 10.2. The lowest BCUT2D eigenvalue weighted by Crippen LogP contribution is -1.88. The summed E-state index contributed by atoms with van der Waals surface area (Å²) >= 11 is 12.1. The second-order valence-corrected chi connectivity index (χ2v) is 4.52. The SMILES string of the molecule is Cc1cc(/C=C/c2c(Cl)cccc2Cl)nc(O)n1. The summed E-state index contributed by atoms with van der Waals surface area (Å²) in [6.07, 6.45) is 3.48. The Morgan fingerprint density at radius 3 is 2.39 bits per heavy atom. The highest BCUT2D eigenvalue weighted by Gasteiger charge is 2.02. The zero-order chi connectivity index (χ0) is 13.1. The van der Waals surface area contributed by atoms with Gasteiger partial charge in [-0.05, 0) is 37.3 Å². The van der Waals surface area contributed by atoms with E-state index in [1.54, 1.807) is 43.3 Å². The minimum absolute atomic E-state index is 0.250. The van der Waals surface area contributed by atoms with Crippen LogP contribution in [0.15, 0.2) is 24.3 Å². The predicted molar refractivity (Wildman–Crippen MR) is 73.8 cm³/mol. The fourth-order valence-corrected chi connectivity index (χ4v) is 2.02. The predicted octanol–water partition coefficient (Wildman–Crippen LogP) is 3.97. The van der Waals surface area contributed by atoms with E-state index in [1.165, 1.54) is 0 Å². The molecule has 0 fully saturated rings. The van der Waals surface area contributed by atoms with Gasteiger partial charge in [-0.3, -0.25) is 0 Å². The molecule has 0 atom stereocenters. The average Bonchev–Trinajstić information content (AvgIpc) is 2.27. The van der Waals surface area contributed by atoms with E-state index < -0.39 is 0 Å². The number of benzene rings is 1. The third kappa shape index (κ3) is 3.00. The molecule has 0 saturated carbocycles. The van der Waals surface area contributed by atoms with Crippen molar-refractivity contribution in [2.45, 2.75) is 6.92 Å². The summed E-state index contributed by atoms with van der Waals surface area (Å²) in [6, 6.07) is 6.80. The zero-order valence-corrected chi connectivity index (χ0v) is 11.1. The standard InChI is InChI=1S/C13H10Cl2N2O/c1-8-7-9(17-13(18)16-8)5-6-10-11(14)3-2-4-12(10)15/h2-7H,1H3,(H,16,17,18)/b6-5+. The average molecular weight is 281 g/mol. The van der Waals surface area contributed by atoms with Gasteiger partial charge in [-0.15, -0.1) is 0 Å². The fraction of sp³-hybridized carbons (Fsp3) is 0.0769. The Bertz CT molecular complexity index is 571. The molecule has 0 unspecified atom stereocenters. The first-order valence-corrected chi connectivity index (χ1v) is 5.98. The van der Waals surface area contributed by atoms with Crippen molar-refractivity contribution in [3.8, 4) is 6.01 Å². The molecule has 1 aromatic carbocycles. The zero-order valence-electron chi connectivity index (χ0n) is 9.56. The number of rotatable bonds is 2. The van der Waals surface area contributed by atoms with Crippen LogP contribution in [0, 0.1) is 6.92 Å². The Morgan fingerprint density at radius 2 is 1.78 bits per heavy atom. The van der Waals surface area contributed by atoms with Crippen LogP contribution in [0.4, 0.5) is 0 Å². The smallest absolute Gasteiger partial charge is 0.314 e. The van der Waals surface area contributed by atoms with E-state index in [1.807, 2.05) is 0 Å². The van der Waals surface area contributed by atoms with Gasteiger partial charge in [0.05, 0.1) is 5.69 Å². The summed E-state index contributed by atoms with van der Waals surface area (Å²) in [4.78, 5) is 7.66. The van der Waals surface area contributed by atoms with Gasteiger partial charge in [0, 0.05) is 21.3 Å². The summed E-state index contributed by atoms with van der Waals surface area (Å²) < 4.78 is 0. The van der Waals surface area contributed by atoms with Crippen LogP contribution in [0.1, 0.15) is 17.0 Å². The molecule has 0 aliphatic rings. The summed E-state index contributed by atoms with van der Waals surface area (Å²) in [7, 11) is 0. The fourth-order valence-electron chi connectivity index (χ4n) is 1.50. The van der Waals surface area contributed by atoms with E-state index >= 15 is 0 Å². The van der Waals surface area contributed by atoms with Gasteiger partial charge in [0.1, 0.15) is 0 Å². The summed E-state index contributed by atoms with van der Waals surface area (Å²) in [5.74, 6) is 0. The third-order valence-electron chi connectivity index (χ3n) is 2.28. The van der Waals surface area contributed by atoms with Crippen molar-refractivity contribution >= 4 is 35.4 Å². The highest BCUT2D eigenvalue weighted by Crippen LogP contribution is 2.26. The number of hydrogen-bond donors (Lipinski definition) is 1. The molecule has 92 valence electrons. The third-order valence-corrected chi connectivity index (χ3v) is 2.94. The van der Waals surface area contributed by atoms with Gasteiger partial charge in [-0.25, -0.2) is 4.98 Å². The van der Waals surface area contributed by atoms with E-state index in [0.717, 1.165) is 5.56 Å². The van der Waals surface area contributed by atoms with E-state index in [9.17, 15) is 5.11 Å². The van der Waals surface area contributed by atoms with Crippen molar-refractivity contribution in [1.82, 2.24) is 9.97 Å². The maximum atomic E-state index is 9.29. The molecule has 18 heavy (non-hydrogen) atoms. The van der Waals surface area contributed by atoms with Crippen molar-refractivity contribution in [3.05, 3.63) is 51.3 Å². The van der Waals surface area contributed by atoms with Crippen LogP contribution in [0.2, 0.25) is 10.0 Å². The normalized spacial score (nSPS) is 11.1. The van der Waals surface area contributed by atoms with Gasteiger partial charge < -0.3 is 5.11 Å². The van der Waals surface area contributed by atoms with Crippen LogP contribution in [0.3, 0.4) is 0 Å². The minimum atomic E-state index is -0.250. The van der Waals surface area contributed by atoms with E-state index in [0.29, 0.717) is 21.4 Å². The van der Waals surface area contributed by atoms with Gasteiger partial charge >= 0.3 is 6.01 Å². The summed E-state index contributed by atoms with van der Waals surface area (Å²) in [6.45, 7) is 1.78. The lowest BCUT2D eigenvalue weighted by Gasteiger charge is -2.01. The van der Waals surface area contributed by atoms with Crippen LogP contribution in [0.25, 0.3) is 12.2 Å². The second-order valence-electron chi connectivity index (χ2n) is 3.70. The molecule has 0 amide bonds. The number of halogens is 2.